The highest BCUT2D eigenvalue weighted by molar-refractivity contribution is 5.96. The van der Waals surface area contributed by atoms with Gasteiger partial charge in [-0.3, -0.25) is 19.4 Å². The van der Waals surface area contributed by atoms with Crippen molar-refractivity contribution in [1.29, 1.82) is 0 Å². The van der Waals surface area contributed by atoms with Gasteiger partial charge >= 0.3 is 0 Å². The fourth-order valence-electron chi connectivity index (χ4n) is 5.01. The first kappa shape index (κ1) is 24.5. The van der Waals surface area contributed by atoms with E-state index in [2.05, 4.69) is 29.7 Å². The highest BCUT2D eigenvalue weighted by Gasteiger charge is 2.29. The number of morpholine rings is 1. The minimum absolute atomic E-state index is 0.0859. The molecule has 0 saturated carbocycles. The van der Waals surface area contributed by atoms with Crippen molar-refractivity contribution in [3.63, 3.8) is 0 Å². The Labute approximate surface area is 201 Å². The number of hydrogen-bond donors (Lipinski definition) is 1. The Morgan fingerprint density at radius 3 is 2.24 bits per heavy atom. The standard InChI is InChI=1S/C27H35N3O4/c1-20-15-28(17-22-6-8-24(9-7-22)26(32)19-31)16-21(2)30(20)18-23-4-3-5-25(14-23)27(33)29-10-12-34-13-11-29/h3-9,14,20-21,31H,10-13,15-19H2,1-2H3/t20-,21+. The third-order valence-corrected chi connectivity index (χ3v) is 6.84. The molecule has 34 heavy (non-hydrogen) atoms. The summed E-state index contributed by atoms with van der Waals surface area (Å²) >= 11 is 0. The van der Waals surface area contributed by atoms with Crippen LogP contribution in [0.3, 0.4) is 0 Å². The van der Waals surface area contributed by atoms with Crippen molar-refractivity contribution in [2.24, 2.45) is 0 Å². The molecule has 4 rings (SSSR count). The van der Waals surface area contributed by atoms with E-state index in [9.17, 15) is 9.59 Å². The monoisotopic (exact) mass is 465 g/mol. The smallest absolute Gasteiger partial charge is 0.254 e. The Hall–Kier alpha value is -2.58. The van der Waals surface area contributed by atoms with Crippen molar-refractivity contribution in [3.05, 3.63) is 70.8 Å². The molecule has 0 aromatic heterocycles. The number of piperazine rings is 1. The number of hydrogen-bond acceptors (Lipinski definition) is 6. The number of benzene rings is 2. The Balaban J connectivity index is 1.36. The van der Waals surface area contributed by atoms with Crippen LogP contribution >= 0.6 is 0 Å². The molecule has 2 aromatic rings. The van der Waals surface area contributed by atoms with Crippen LogP contribution in [0.2, 0.25) is 0 Å². The van der Waals surface area contributed by atoms with Gasteiger partial charge in [-0.2, -0.15) is 0 Å². The van der Waals surface area contributed by atoms with E-state index >= 15 is 0 Å². The quantitative estimate of drug-likeness (QED) is 0.634. The fourth-order valence-corrected chi connectivity index (χ4v) is 5.01. The minimum Gasteiger partial charge on any atom is -0.388 e. The molecule has 2 fully saturated rings. The second-order valence-corrected chi connectivity index (χ2v) is 9.45. The van der Waals surface area contributed by atoms with E-state index < -0.39 is 6.61 Å². The van der Waals surface area contributed by atoms with Gasteiger partial charge in [-0.05, 0) is 37.1 Å². The molecule has 0 bridgehead atoms. The van der Waals surface area contributed by atoms with Crippen LogP contribution in [0.4, 0.5) is 0 Å². The number of nitrogens with zero attached hydrogens (tertiary/aromatic N) is 3. The topological polar surface area (TPSA) is 73.3 Å². The Bertz CT molecular complexity index is 976. The van der Waals surface area contributed by atoms with E-state index in [1.54, 1.807) is 12.1 Å². The molecule has 1 N–H and O–H groups in total. The fraction of sp³-hybridized carbons (Fsp3) is 0.481. The summed E-state index contributed by atoms with van der Waals surface area (Å²) in [5, 5.41) is 9.02. The Morgan fingerprint density at radius 2 is 1.59 bits per heavy atom. The second-order valence-electron chi connectivity index (χ2n) is 9.45. The molecule has 7 nitrogen and oxygen atoms in total. The van der Waals surface area contributed by atoms with E-state index in [1.165, 1.54) is 0 Å². The maximum absolute atomic E-state index is 12.9. The van der Waals surface area contributed by atoms with Crippen LogP contribution in [0.15, 0.2) is 48.5 Å². The molecule has 2 atom stereocenters. The molecule has 0 spiro atoms. The number of rotatable bonds is 7. The average Bonchev–Trinajstić information content (AvgIpc) is 2.86. The van der Waals surface area contributed by atoms with Gasteiger partial charge in [0.1, 0.15) is 6.61 Å². The van der Waals surface area contributed by atoms with Crippen LogP contribution in [0.1, 0.15) is 45.7 Å². The van der Waals surface area contributed by atoms with Gasteiger partial charge in [0, 0.05) is 62.5 Å². The molecule has 2 aliphatic heterocycles. The SMILES string of the molecule is C[C@@H]1CN(Cc2ccc(C(=O)CO)cc2)C[C@H](C)N1Cc1cccc(C(=O)N2CCOCC2)c1. The lowest BCUT2D eigenvalue weighted by atomic mass is 10.0. The maximum Gasteiger partial charge on any atom is 0.254 e. The van der Waals surface area contributed by atoms with Crippen LogP contribution in [0.5, 0.6) is 0 Å². The van der Waals surface area contributed by atoms with Crippen molar-refractivity contribution in [2.45, 2.75) is 39.0 Å². The third kappa shape index (κ3) is 5.91. The third-order valence-electron chi connectivity index (χ3n) is 6.84. The van der Waals surface area contributed by atoms with Crippen molar-refractivity contribution in [1.82, 2.24) is 14.7 Å². The van der Waals surface area contributed by atoms with E-state index in [4.69, 9.17) is 9.84 Å². The maximum atomic E-state index is 12.9. The van der Waals surface area contributed by atoms with Crippen molar-refractivity contribution in [3.8, 4) is 0 Å². The van der Waals surface area contributed by atoms with Crippen LogP contribution in [0.25, 0.3) is 0 Å². The average molecular weight is 466 g/mol. The summed E-state index contributed by atoms with van der Waals surface area (Å²) in [5.41, 5.74) is 3.63. The molecule has 0 unspecified atom stereocenters. The first-order valence-electron chi connectivity index (χ1n) is 12.1. The highest BCUT2D eigenvalue weighted by Crippen LogP contribution is 2.22. The summed E-state index contributed by atoms with van der Waals surface area (Å²) in [6.07, 6.45) is 0. The lowest BCUT2D eigenvalue weighted by Crippen LogP contribution is -2.55. The molecular formula is C27H35N3O4. The number of Topliss-reactive ketones (excluding diaryl/α,β-unsaturated/α-hetero) is 1. The number of ether oxygens (including phenoxy) is 1. The molecule has 2 aliphatic rings. The minimum atomic E-state index is -0.458. The number of aliphatic hydroxyl groups excluding tert-OH is 1. The van der Waals surface area contributed by atoms with Gasteiger partial charge < -0.3 is 14.7 Å². The molecular weight excluding hydrogens is 430 g/mol. The summed E-state index contributed by atoms with van der Waals surface area (Å²) in [6, 6.07) is 16.3. The van der Waals surface area contributed by atoms with Gasteiger partial charge in [-0.25, -0.2) is 0 Å². The first-order chi connectivity index (χ1) is 16.4. The molecule has 7 heteroatoms. The summed E-state index contributed by atoms with van der Waals surface area (Å²) in [5.74, 6) is -0.166. The molecule has 0 radical (unpaired) electrons. The molecule has 1 amide bonds. The largest absolute Gasteiger partial charge is 0.388 e. The van der Waals surface area contributed by atoms with Gasteiger partial charge in [0.25, 0.3) is 5.91 Å². The Kier molecular flexibility index (Phi) is 8.11. The van der Waals surface area contributed by atoms with Crippen molar-refractivity contribution < 1.29 is 19.4 Å². The van der Waals surface area contributed by atoms with Crippen LogP contribution in [0, 0.1) is 0 Å². The number of carbonyl (C=O) groups is 2. The van der Waals surface area contributed by atoms with Gasteiger partial charge in [0.05, 0.1) is 13.2 Å². The molecule has 182 valence electrons. The van der Waals surface area contributed by atoms with E-state index in [-0.39, 0.29) is 11.7 Å². The zero-order valence-electron chi connectivity index (χ0n) is 20.2. The highest BCUT2D eigenvalue weighted by atomic mass is 16.5. The summed E-state index contributed by atoms with van der Waals surface area (Å²) in [6.45, 7) is 10.1. The number of carbonyl (C=O) groups excluding carboxylic acids is 2. The van der Waals surface area contributed by atoms with Crippen molar-refractivity contribution in [2.75, 3.05) is 46.0 Å². The summed E-state index contributed by atoms with van der Waals surface area (Å²) < 4.78 is 5.37. The van der Waals surface area contributed by atoms with Crippen LogP contribution < -0.4 is 0 Å². The first-order valence-corrected chi connectivity index (χ1v) is 12.1. The lowest BCUT2D eigenvalue weighted by molar-refractivity contribution is 0.0286. The van der Waals surface area contributed by atoms with Gasteiger partial charge in [0.15, 0.2) is 5.78 Å². The molecule has 2 aromatic carbocycles. The predicted octanol–water partition coefficient (Wildman–Crippen LogP) is 2.43. The van der Waals surface area contributed by atoms with E-state index in [0.717, 1.165) is 42.9 Å². The Morgan fingerprint density at radius 1 is 0.912 bits per heavy atom. The molecule has 2 heterocycles. The molecule has 0 aliphatic carbocycles. The summed E-state index contributed by atoms with van der Waals surface area (Å²) in [4.78, 5) is 31.4. The van der Waals surface area contributed by atoms with Gasteiger partial charge in [-0.1, -0.05) is 36.4 Å². The zero-order chi connectivity index (χ0) is 24.1. The summed E-state index contributed by atoms with van der Waals surface area (Å²) in [7, 11) is 0. The second kappa shape index (κ2) is 11.2. The van der Waals surface area contributed by atoms with Gasteiger partial charge in [-0.15, -0.1) is 0 Å². The predicted molar refractivity (Wildman–Crippen MR) is 131 cm³/mol. The number of ketones is 1. The zero-order valence-corrected chi connectivity index (χ0v) is 20.2. The lowest BCUT2D eigenvalue weighted by Gasteiger charge is -2.44. The van der Waals surface area contributed by atoms with Crippen molar-refractivity contribution >= 4 is 11.7 Å². The normalized spacial score (nSPS) is 22.0. The molecule has 2 saturated heterocycles. The number of aliphatic hydroxyl groups is 1. The van der Waals surface area contributed by atoms with E-state index in [0.29, 0.717) is 44.0 Å². The van der Waals surface area contributed by atoms with Crippen LogP contribution in [-0.4, -0.2) is 89.6 Å². The van der Waals surface area contributed by atoms with Gasteiger partial charge in [0.2, 0.25) is 0 Å². The number of amides is 1. The van der Waals surface area contributed by atoms with Crippen LogP contribution in [-0.2, 0) is 17.8 Å². The van der Waals surface area contributed by atoms with E-state index in [1.807, 2.05) is 35.2 Å².